The predicted molar refractivity (Wildman–Crippen MR) is 53.6 cm³/mol. The topological polar surface area (TPSA) is 40.5 Å². The molecule has 0 radical (unpaired) electrons. The van der Waals surface area contributed by atoms with Gasteiger partial charge in [0.25, 0.3) is 5.91 Å². The van der Waals surface area contributed by atoms with E-state index >= 15 is 0 Å². The molecule has 74 valence electrons. The molecule has 1 heterocycles. The second-order valence-corrected chi connectivity index (χ2v) is 3.72. The smallest absolute Gasteiger partial charge is 0.253 e. The molecule has 0 aliphatic carbocycles. The molecule has 4 heteroatoms. The van der Waals surface area contributed by atoms with Crippen LogP contribution < -0.4 is 0 Å². The lowest BCUT2D eigenvalue weighted by Crippen LogP contribution is -2.41. The molecule has 14 heavy (non-hydrogen) atoms. The molecule has 1 aliphatic heterocycles. The molecule has 1 aliphatic rings. The maximum absolute atomic E-state index is 11.7. The second kappa shape index (κ2) is 3.50. The summed E-state index contributed by atoms with van der Waals surface area (Å²) in [4.78, 5) is 13.4. The van der Waals surface area contributed by atoms with Gasteiger partial charge in [0.05, 0.1) is 5.02 Å². The molecule has 0 unspecified atom stereocenters. The van der Waals surface area contributed by atoms with Gasteiger partial charge in [0.2, 0.25) is 0 Å². The highest BCUT2D eigenvalue weighted by Gasteiger charge is 2.21. The summed E-state index contributed by atoms with van der Waals surface area (Å²) in [6.07, 6.45) is 1.07. The van der Waals surface area contributed by atoms with Crippen molar-refractivity contribution < 1.29 is 9.90 Å². The summed E-state index contributed by atoms with van der Waals surface area (Å²) >= 11 is 5.70. The highest BCUT2D eigenvalue weighted by Crippen LogP contribution is 2.24. The third kappa shape index (κ3) is 1.55. The fourth-order valence-electron chi connectivity index (χ4n) is 1.34. The van der Waals surface area contributed by atoms with Crippen molar-refractivity contribution in [3.05, 3.63) is 28.8 Å². The minimum Gasteiger partial charge on any atom is -0.506 e. The summed E-state index contributed by atoms with van der Waals surface area (Å²) in [5.41, 5.74) is 0.535. The van der Waals surface area contributed by atoms with E-state index in [1.165, 1.54) is 12.1 Å². The Balaban J connectivity index is 2.23. The zero-order valence-electron chi connectivity index (χ0n) is 7.53. The minimum absolute atomic E-state index is 0.00632. The van der Waals surface area contributed by atoms with Gasteiger partial charge in [-0.15, -0.1) is 0 Å². The van der Waals surface area contributed by atoms with Crippen LogP contribution in [0.25, 0.3) is 0 Å². The van der Waals surface area contributed by atoms with E-state index in [-0.39, 0.29) is 16.7 Å². The summed E-state index contributed by atoms with van der Waals surface area (Å²) < 4.78 is 0. The molecule has 1 saturated heterocycles. The number of carbonyl (C=O) groups excluding carboxylic acids is 1. The van der Waals surface area contributed by atoms with Crippen molar-refractivity contribution >= 4 is 17.5 Å². The predicted octanol–water partition coefficient (Wildman–Crippen LogP) is 1.89. The second-order valence-electron chi connectivity index (χ2n) is 3.31. The van der Waals surface area contributed by atoms with Gasteiger partial charge in [-0.1, -0.05) is 11.6 Å². The molecule has 1 aromatic rings. The molecule has 3 nitrogen and oxygen atoms in total. The summed E-state index contributed by atoms with van der Waals surface area (Å²) in [7, 11) is 0. The van der Waals surface area contributed by atoms with Crippen LogP contribution in [0, 0.1) is 0 Å². The van der Waals surface area contributed by atoms with Crippen LogP contribution in [0.4, 0.5) is 0 Å². The molecule has 0 atom stereocenters. The Morgan fingerprint density at radius 1 is 1.43 bits per heavy atom. The monoisotopic (exact) mass is 211 g/mol. The molecular weight excluding hydrogens is 202 g/mol. The molecule has 1 N–H and O–H groups in total. The van der Waals surface area contributed by atoms with Crippen LogP contribution in [-0.2, 0) is 0 Å². The standard InChI is InChI=1S/C10H10ClNO2/c11-8-6-7(2-3-9(8)13)10(14)12-4-1-5-12/h2-3,6,13H,1,4-5H2. The number of hydrogen-bond acceptors (Lipinski definition) is 2. The van der Waals surface area contributed by atoms with Crippen molar-refractivity contribution in [1.29, 1.82) is 0 Å². The van der Waals surface area contributed by atoms with Gasteiger partial charge in [0, 0.05) is 18.7 Å². The van der Waals surface area contributed by atoms with E-state index in [4.69, 9.17) is 11.6 Å². The van der Waals surface area contributed by atoms with Crippen molar-refractivity contribution in [3.63, 3.8) is 0 Å². The number of phenols is 1. The first-order chi connectivity index (χ1) is 6.68. The van der Waals surface area contributed by atoms with Gasteiger partial charge < -0.3 is 10.0 Å². The van der Waals surface area contributed by atoms with Gasteiger partial charge in [-0.2, -0.15) is 0 Å². The van der Waals surface area contributed by atoms with Crippen molar-refractivity contribution in [2.24, 2.45) is 0 Å². The summed E-state index contributed by atoms with van der Waals surface area (Å²) in [5, 5.41) is 9.40. The number of halogens is 1. The highest BCUT2D eigenvalue weighted by atomic mass is 35.5. The van der Waals surface area contributed by atoms with E-state index in [0.717, 1.165) is 19.5 Å². The summed E-state index contributed by atoms with van der Waals surface area (Å²) in [6, 6.07) is 4.52. The Hall–Kier alpha value is -1.22. The van der Waals surface area contributed by atoms with Crippen molar-refractivity contribution in [3.8, 4) is 5.75 Å². The Morgan fingerprint density at radius 3 is 2.64 bits per heavy atom. The highest BCUT2D eigenvalue weighted by molar-refractivity contribution is 6.32. The minimum atomic E-state index is -0.0156. The van der Waals surface area contributed by atoms with Crippen LogP contribution in [-0.4, -0.2) is 29.0 Å². The third-order valence-electron chi connectivity index (χ3n) is 2.34. The number of amides is 1. The SMILES string of the molecule is O=C(c1ccc(O)c(Cl)c1)N1CCC1. The van der Waals surface area contributed by atoms with Gasteiger partial charge >= 0.3 is 0 Å². The lowest BCUT2D eigenvalue weighted by atomic mass is 10.1. The fourth-order valence-corrected chi connectivity index (χ4v) is 1.52. The Bertz CT molecular complexity index is 374. The van der Waals surface area contributed by atoms with Crippen LogP contribution in [0.3, 0.4) is 0 Å². The van der Waals surface area contributed by atoms with E-state index < -0.39 is 0 Å². The molecule has 1 fully saturated rings. The van der Waals surface area contributed by atoms with E-state index in [1.807, 2.05) is 0 Å². The van der Waals surface area contributed by atoms with Crippen LogP contribution >= 0.6 is 11.6 Å². The van der Waals surface area contributed by atoms with Crippen LogP contribution in [0.1, 0.15) is 16.8 Å². The number of aromatic hydroxyl groups is 1. The molecule has 1 amide bonds. The Morgan fingerprint density at radius 2 is 2.14 bits per heavy atom. The van der Waals surface area contributed by atoms with Crippen molar-refractivity contribution in [2.45, 2.75) is 6.42 Å². The van der Waals surface area contributed by atoms with Crippen LogP contribution in [0.15, 0.2) is 18.2 Å². The molecule has 0 saturated carbocycles. The first-order valence-corrected chi connectivity index (χ1v) is 4.84. The first kappa shape index (κ1) is 9.34. The quantitative estimate of drug-likeness (QED) is 0.771. The average molecular weight is 212 g/mol. The fraction of sp³-hybridized carbons (Fsp3) is 0.300. The molecule has 0 bridgehead atoms. The van der Waals surface area contributed by atoms with Gasteiger partial charge in [0.15, 0.2) is 0 Å². The molecule has 1 aromatic carbocycles. The number of phenolic OH excluding ortho intramolecular Hbond substituents is 1. The van der Waals surface area contributed by atoms with Crippen LogP contribution in [0.2, 0.25) is 5.02 Å². The zero-order chi connectivity index (χ0) is 10.1. The van der Waals surface area contributed by atoms with E-state index in [0.29, 0.717) is 5.56 Å². The Labute approximate surface area is 86.9 Å². The number of benzene rings is 1. The van der Waals surface area contributed by atoms with Crippen molar-refractivity contribution in [1.82, 2.24) is 4.90 Å². The number of hydrogen-bond donors (Lipinski definition) is 1. The number of carbonyl (C=O) groups is 1. The lowest BCUT2D eigenvalue weighted by molar-refractivity contribution is 0.0652. The molecule has 0 spiro atoms. The van der Waals surface area contributed by atoms with Gasteiger partial charge in [-0.25, -0.2) is 0 Å². The van der Waals surface area contributed by atoms with Crippen LogP contribution in [0.5, 0.6) is 5.75 Å². The third-order valence-corrected chi connectivity index (χ3v) is 2.64. The number of rotatable bonds is 1. The van der Waals surface area contributed by atoms with Crippen molar-refractivity contribution in [2.75, 3.05) is 13.1 Å². The lowest BCUT2D eigenvalue weighted by Gasteiger charge is -2.30. The maximum atomic E-state index is 11.7. The summed E-state index contributed by atoms with van der Waals surface area (Å²) in [6.45, 7) is 1.63. The zero-order valence-corrected chi connectivity index (χ0v) is 8.29. The van der Waals surface area contributed by atoms with Gasteiger partial charge in [0.1, 0.15) is 5.75 Å². The maximum Gasteiger partial charge on any atom is 0.253 e. The average Bonchev–Trinajstić information content (AvgIpc) is 2.06. The number of likely N-dealkylation sites (tertiary alicyclic amines) is 1. The molecule has 0 aromatic heterocycles. The number of nitrogens with zero attached hydrogens (tertiary/aromatic N) is 1. The normalized spacial score (nSPS) is 15.1. The van der Waals surface area contributed by atoms with E-state index in [1.54, 1.807) is 11.0 Å². The first-order valence-electron chi connectivity index (χ1n) is 4.46. The van der Waals surface area contributed by atoms with E-state index in [9.17, 15) is 9.90 Å². The van der Waals surface area contributed by atoms with E-state index in [2.05, 4.69) is 0 Å². The largest absolute Gasteiger partial charge is 0.506 e. The Kier molecular flexibility index (Phi) is 2.33. The summed E-state index contributed by atoms with van der Waals surface area (Å²) in [5.74, 6) is -0.00928. The molecule has 2 rings (SSSR count). The molecular formula is C10H10ClNO2. The van der Waals surface area contributed by atoms with Gasteiger partial charge in [-0.05, 0) is 24.6 Å². The van der Waals surface area contributed by atoms with Gasteiger partial charge in [-0.3, -0.25) is 4.79 Å².